The molecular weight excluding hydrogens is 314 g/mol. The Morgan fingerprint density at radius 3 is 2.59 bits per heavy atom. The Morgan fingerprint density at radius 1 is 1.18 bits per heavy atom. The quantitative estimate of drug-likeness (QED) is 0.504. The molecule has 112 valence electrons. The molecule has 0 saturated carbocycles. The summed E-state index contributed by atoms with van der Waals surface area (Å²) in [6, 6.07) is 15.2. The zero-order valence-electron chi connectivity index (χ0n) is 12.3. The van der Waals surface area contributed by atoms with Crippen LogP contribution in [0.5, 0.6) is 5.75 Å². The first-order valence-electron chi connectivity index (χ1n) is 6.88. The standard InChI is InChI=1S/C17H15NO2S2/c1-11(16(19)12-7-9-13(20-2)10-8-12)21-17-18-14-5-3-4-6-15(14)22-17/h3-11H,1-2H3/t11-/m1/s1. The summed E-state index contributed by atoms with van der Waals surface area (Å²) in [5.41, 5.74) is 1.68. The van der Waals surface area contributed by atoms with Crippen molar-refractivity contribution in [2.75, 3.05) is 7.11 Å². The third-order valence-electron chi connectivity index (χ3n) is 3.30. The van der Waals surface area contributed by atoms with Crippen LogP contribution in [0.3, 0.4) is 0 Å². The molecule has 0 aliphatic heterocycles. The number of carbonyl (C=O) groups is 1. The lowest BCUT2D eigenvalue weighted by Crippen LogP contribution is -2.13. The van der Waals surface area contributed by atoms with Crippen molar-refractivity contribution in [3.8, 4) is 5.75 Å². The number of para-hydroxylation sites is 1. The summed E-state index contributed by atoms with van der Waals surface area (Å²) in [6.45, 7) is 1.92. The zero-order valence-corrected chi connectivity index (χ0v) is 13.9. The van der Waals surface area contributed by atoms with Gasteiger partial charge in [0.25, 0.3) is 0 Å². The van der Waals surface area contributed by atoms with Gasteiger partial charge in [0.1, 0.15) is 5.75 Å². The maximum absolute atomic E-state index is 12.5. The number of thiazole rings is 1. The molecule has 3 nitrogen and oxygen atoms in total. The first-order valence-corrected chi connectivity index (χ1v) is 8.57. The van der Waals surface area contributed by atoms with Gasteiger partial charge in [0.15, 0.2) is 10.1 Å². The highest BCUT2D eigenvalue weighted by Crippen LogP contribution is 2.33. The van der Waals surface area contributed by atoms with Gasteiger partial charge in [0.2, 0.25) is 0 Å². The number of Topliss-reactive ketones (excluding diaryl/α,β-unsaturated/α-hetero) is 1. The van der Waals surface area contributed by atoms with Gasteiger partial charge in [0.05, 0.1) is 22.6 Å². The average Bonchev–Trinajstić information content (AvgIpc) is 2.96. The second-order valence-corrected chi connectivity index (χ2v) is 7.42. The van der Waals surface area contributed by atoms with Gasteiger partial charge < -0.3 is 4.74 Å². The fourth-order valence-corrected chi connectivity index (χ4v) is 4.38. The number of methoxy groups -OCH3 is 1. The van der Waals surface area contributed by atoms with E-state index in [9.17, 15) is 4.79 Å². The highest BCUT2D eigenvalue weighted by Gasteiger charge is 2.18. The van der Waals surface area contributed by atoms with E-state index in [-0.39, 0.29) is 11.0 Å². The third-order valence-corrected chi connectivity index (χ3v) is 5.53. The van der Waals surface area contributed by atoms with Gasteiger partial charge in [-0.2, -0.15) is 0 Å². The molecule has 0 N–H and O–H groups in total. The van der Waals surface area contributed by atoms with E-state index in [2.05, 4.69) is 4.98 Å². The SMILES string of the molecule is COc1ccc(C(=O)[C@@H](C)Sc2nc3ccccc3s2)cc1. The number of thioether (sulfide) groups is 1. The fourth-order valence-electron chi connectivity index (χ4n) is 2.10. The summed E-state index contributed by atoms with van der Waals surface area (Å²) in [5.74, 6) is 0.856. The van der Waals surface area contributed by atoms with Gasteiger partial charge >= 0.3 is 0 Å². The van der Waals surface area contributed by atoms with E-state index >= 15 is 0 Å². The topological polar surface area (TPSA) is 39.2 Å². The van der Waals surface area contributed by atoms with Crippen molar-refractivity contribution in [3.05, 3.63) is 54.1 Å². The van der Waals surface area contributed by atoms with Crippen LogP contribution in [-0.2, 0) is 0 Å². The molecule has 5 heteroatoms. The van der Waals surface area contributed by atoms with Crippen molar-refractivity contribution >= 4 is 39.1 Å². The van der Waals surface area contributed by atoms with Crippen LogP contribution in [0.1, 0.15) is 17.3 Å². The van der Waals surface area contributed by atoms with Crippen LogP contribution in [0, 0.1) is 0 Å². The second kappa shape index (κ2) is 6.50. The zero-order chi connectivity index (χ0) is 15.5. The van der Waals surface area contributed by atoms with Crippen LogP contribution in [-0.4, -0.2) is 23.1 Å². The molecule has 1 atom stereocenters. The monoisotopic (exact) mass is 329 g/mol. The van der Waals surface area contributed by atoms with E-state index in [0.29, 0.717) is 5.56 Å². The molecular formula is C17H15NO2S2. The maximum Gasteiger partial charge on any atom is 0.175 e. The van der Waals surface area contributed by atoms with Gasteiger partial charge in [-0.25, -0.2) is 4.98 Å². The molecule has 22 heavy (non-hydrogen) atoms. The Hall–Kier alpha value is -1.85. The Kier molecular flexibility index (Phi) is 4.45. The highest BCUT2D eigenvalue weighted by molar-refractivity contribution is 8.02. The number of carbonyl (C=O) groups excluding carboxylic acids is 1. The fraction of sp³-hybridized carbons (Fsp3) is 0.176. The number of hydrogen-bond acceptors (Lipinski definition) is 5. The second-order valence-electron chi connectivity index (χ2n) is 4.80. The summed E-state index contributed by atoms with van der Waals surface area (Å²) < 4.78 is 7.19. The van der Waals surface area contributed by atoms with Crippen molar-refractivity contribution in [2.24, 2.45) is 0 Å². The summed E-state index contributed by atoms with van der Waals surface area (Å²) in [7, 11) is 1.61. The molecule has 0 saturated heterocycles. The minimum atomic E-state index is -0.172. The molecule has 3 rings (SSSR count). The normalized spacial score (nSPS) is 12.3. The number of rotatable bonds is 5. The molecule has 0 amide bonds. The number of benzene rings is 2. The molecule has 0 unspecified atom stereocenters. The van der Waals surface area contributed by atoms with Gasteiger partial charge in [-0.1, -0.05) is 23.9 Å². The summed E-state index contributed by atoms with van der Waals surface area (Å²) in [4.78, 5) is 17.0. The Balaban J connectivity index is 1.74. The van der Waals surface area contributed by atoms with Crippen LogP contribution < -0.4 is 4.74 Å². The molecule has 3 aromatic rings. The third kappa shape index (κ3) is 3.15. The minimum absolute atomic E-state index is 0.104. The first kappa shape index (κ1) is 15.1. The molecule has 2 aromatic carbocycles. The Labute approximate surface area is 137 Å². The van der Waals surface area contributed by atoms with E-state index in [0.717, 1.165) is 20.3 Å². The maximum atomic E-state index is 12.5. The van der Waals surface area contributed by atoms with Crippen molar-refractivity contribution in [2.45, 2.75) is 16.5 Å². The largest absolute Gasteiger partial charge is 0.497 e. The van der Waals surface area contributed by atoms with Crippen LogP contribution in [0.15, 0.2) is 52.9 Å². The lowest BCUT2D eigenvalue weighted by Gasteiger charge is -2.08. The summed E-state index contributed by atoms with van der Waals surface area (Å²) >= 11 is 3.13. The van der Waals surface area contributed by atoms with E-state index in [1.165, 1.54) is 11.8 Å². The number of hydrogen-bond donors (Lipinski definition) is 0. The molecule has 0 radical (unpaired) electrons. The van der Waals surface area contributed by atoms with Gasteiger partial charge in [0, 0.05) is 5.56 Å². The van der Waals surface area contributed by atoms with Crippen LogP contribution in [0.25, 0.3) is 10.2 Å². The number of aromatic nitrogens is 1. The van der Waals surface area contributed by atoms with Crippen LogP contribution >= 0.6 is 23.1 Å². The minimum Gasteiger partial charge on any atom is -0.497 e. The molecule has 1 aromatic heterocycles. The molecule has 0 fully saturated rings. The Morgan fingerprint density at radius 2 is 1.91 bits per heavy atom. The van der Waals surface area contributed by atoms with Gasteiger partial charge in [-0.05, 0) is 43.3 Å². The predicted molar refractivity (Wildman–Crippen MR) is 92.3 cm³/mol. The van der Waals surface area contributed by atoms with E-state index in [1.54, 1.807) is 30.6 Å². The number of ether oxygens (including phenoxy) is 1. The Bertz CT molecular complexity index is 763. The lowest BCUT2D eigenvalue weighted by molar-refractivity contribution is 0.0994. The van der Waals surface area contributed by atoms with Crippen molar-refractivity contribution in [3.63, 3.8) is 0 Å². The van der Waals surface area contributed by atoms with Crippen molar-refractivity contribution < 1.29 is 9.53 Å². The summed E-state index contributed by atoms with van der Waals surface area (Å²) in [5, 5.41) is -0.172. The lowest BCUT2D eigenvalue weighted by atomic mass is 10.1. The van der Waals surface area contributed by atoms with Crippen molar-refractivity contribution in [1.29, 1.82) is 0 Å². The molecule has 1 heterocycles. The van der Waals surface area contributed by atoms with E-state index in [4.69, 9.17) is 4.74 Å². The van der Waals surface area contributed by atoms with Crippen LogP contribution in [0.4, 0.5) is 0 Å². The predicted octanol–water partition coefficient (Wildman–Crippen LogP) is 4.67. The van der Waals surface area contributed by atoms with E-state index in [1.807, 2.05) is 43.3 Å². The number of fused-ring (bicyclic) bond motifs is 1. The van der Waals surface area contributed by atoms with Crippen LogP contribution in [0.2, 0.25) is 0 Å². The molecule has 0 bridgehead atoms. The molecule has 0 aliphatic carbocycles. The first-order chi connectivity index (χ1) is 10.7. The number of ketones is 1. The smallest absolute Gasteiger partial charge is 0.175 e. The van der Waals surface area contributed by atoms with Gasteiger partial charge in [-0.15, -0.1) is 11.3 Å². The van der Waals surface area contributed by atoms with E-state index < -0.39 is 0 Å². The average molecular weight is 329 g/mol. The van der Waals surface area contributed by atoms with Crippen molar-refractivity contribution in [1.82, 2.24) is 4.98 Å². The highest BCUT2D eigenvalue weighted by atomic mass is 32.2. The number of nitrogens with zero attached hydrogens (tertiary/aromatic N) is 1. The summed E-state index contributed by atoms with van der Waals surface area (Å²) in [6.07, 6.45) is 0. The molecule has 0 spiro atoms. The van der Waals surface area contributed by atoms with Gasteiger partial charge in [-0.3, -0.25) is 4.79 Å². The molecule has 0 aliphatic rings.